The first-order chi connectivity index (χ1) is 12.2. The lowest BCUT2D eigenvalue weighted by molar-refractivity contribution is 0.423. The van der Waals surface area contributed by atoms with E-state index in [1.54, 1.807) is 12.1 Å². The number of nitrogens with one attached hydrogen (secondary N) is 1. The molecule has 3 aromatic rings. The highest BCUT2D eigenvalue weighted by molar-refractivity contribution is 5.54. The normalized spacial score (nSPS) is 13.2. The van der Waals surface area contributed by atoms with Crippen LogP contribution >= 0.6 is 0 Å². The maximum absolute atomic E-state index is 8.84. The van der Waals surface area contributed by atoms with Crippen molar-refractivity contribution in [3.63, 3.8) is 0 Å². The fourth-order valence-electron chi connectivity index (χ4n) is 2.60. The van der Waals surface area contributed by atoms with Gasteiger partial charge in [0, 0.05) is 11.6 Å². The average molecular weight is 332 g/mol. The summed E-state index contributed by atoms with van der Waals surface area (Å²) < 4.78 is 5.71. The van der Waals surface area contributed by atoms with E-state index >= 15 is 0 Å². The molecule has 126 valence electrons. The predicted octanol–water partition coefficient (Wildman–Crippen LogP) is 3.89. The van der Waals surface area contributed by atoms with Crippen molar-refractivity contribution in [2.24, 2.45) is 0 Å². The van der Waals surface area contributed by atoms with Crippen molar-refractivity contribution >= 4 is 0 Å². The monoisotopic (exact) mass is 332 g/mol. The summed E-state index contributed by atoms with van der Waals surface area (Å²) in [5.74, 6) is 1.39. The minimum Gasteiger partial charge on any atom is -0.419 e. The largest absolute Gasteiger partial charge is 0.419 e. The average Bonchev–Trinajstić information content (AvgIpc) is 3.15. The molecule has 0 spiro atoms. The van der Waals surface area contributed by atoms with Crippen molar-refractivity contribution in [3.8, 4) is 17.5 Å². The van der Waals surface area contributed by atoms with Gasteiger partial charge in [0.1, 0.15) is 0 Å². The Hall–Kier alpha value is -2.97. The van der Waals surface area contributed by atoms with Gasteiger partial charge >= 0.3 is 0 Å². The van der Waals surface area contributed by atoms with Gasteiger partial charge in [-0.05, 0) is 42.7 Å². The van der Waals surface area contributed by atoms with Gasteiger partial charge in [-0.1, -0.05) is 37.3 Å². The molecule has 1 aromatic heterocycles. The van der Waals surface area contributed by atoms with E-state index in [9.17, 15) is 0 Å². The van der Waals surface area contributed by atoms with E-state index in [2.05, 4.69) is 59.7 Å². The summed E-state index contributed by atoms with van der Waals surface area (Å²) in [7, 11) is 0. The maximum atomic E-state index is 8.84. The molecular formula is C20H20N4O. The molecule has 0 saturated heterocycles. The molecule has 0 unspecified atom stereocenters. The number of nitrogens with zero attached hydrogens (tertiary/aromatic N) is 3. The number of hydrogen-bond donors (Lipinski definition) is 1. The highest BCUT2D eigenvalue weighted by Crippen LogP contribution is 2.20. The smallest absolute Gasteiger partial charge is 0.247 e. The first-order valence-electron chi connectivity index (χ1n) is 8.28. The molecule has 25 heavy (non-hydrogen) atoms. The Morgan fingerprint density at radius 3 is 2.44 bits per heavy atom. The lowest BCUT2D eigenvalue weighted by Crippen LogP contribution is -2.30. The van der Waals surface area contributed by atoms with E-state index in [-0.39, 0.29) is 6.04 Å². The third-order valence-corrected chi connectivity index (χ3v) is 4.38. The second-order valence-electron chi connectivity index (χ2n) is 6.06. The molecule has 1 heterocycles. The van der Waals surface area contributed by atoms with Gasteiger partial charge in [0.2, 0.25) is 11.8 Å². The molecule has 0 aliphatic heterocycles. The number of benzene rings is 2. The molecule has 0 amide bonds. The molecular weight excluding hydrogens is 312 g/mol. The van der Waals surface area contributed by atoms with Gasteiger partial charge in [-0.3, -0.25) is 0 Å². The number of aromatic nitrogens is 2. The molecule has 1 N–H and O–H groups in total. The van der Waals surface area contributed by atoms with Crippen molar-refractivity contribution < 1.29 is 4.42 Å². The van der Waals surface area contributed by atoms with E-state index in [0.717, 1.165) is 5.56 Å². The minimum absolute atomic E-state index is 0.271. The summed E-state index contributed by atoms with van der Waals surface area (Å²) in [6.07, 6.45) is 0. The molecule has 0 aliphatic rings. The summed E-state index contributed by atoms with van der Waals surface area (Å²) in [5.41, 5.74) is 2.71. The van der Waals surface area contributed by atoms with Crippen LogP contribution < -0.4 is 5.32 Å². The van der Waals surface area contributed by atoms with Crippen LogP contribution in [0.4, 0.5) is 0 Å². The van der Waals surface area contributed by atoms with Crippen molar-refractivity contribution in [2.75, 3.05) is 0 Å². The summed E-state index contributed by atoms with van der Waals surface area (Å²) >= 11 is 0. The van der Waals surface area contributed by atoms with Crippen molar-refractivity contribution in [3.05, 3.63) is 71.6 Å². The zero-order valence-corrected chi connectivity index (χ0v) is 14.3. The zero-order chi connectivity index (χ0) is 17.6. The van der Waals surface area contributed by atoms with Crippen LogP contribution in [0, 0.1) is 11.3 Å². The van der Waals surface area contributed by atoms with Gasteiger partial charge in [-0.15, -0.1) is 10.2 Å². The lowest BCUT2D eigenvalue weighted by Gasteiger charge is -2.21. The second kappa shape index (κ2) is 7.73. The van der Waals surface area contributed by atoms with Crippen molar-refractivity contribution in [2.45, 2.75) is 32.4 Å². The van der Waals surface area contributed by atoms with E-state index < -0.39 is 0 Å². The Labute approximate surface area is 147 Å². The molecule has 5 nitrogen and oxygen atoms in total. The van der Waals surface area contributed by atoms with Crippen molar-refractivity contribution in [1.29, 1.82) is 5.26 Å². The first kappa shape index (κ1) is 16.9. The summed E-state index contributed by atoms with van der Waals surface area (Å²) in [5, 5.41) is 20.5. The molecule has 0 aliphatic carbocycles. The predicted molar refractivity (Wildman–Crippen MR) is 95.6 cm³/mol. The van der Waals surface area contributed by atoms with Crippen LogP contribution in [-0.2, 0) is 6.54 Å². The first-order valence-corrected chi connectivity index (χ1v) is 8.28. The Morgan fingerprint density at radius 2 is 1.76 bits per heavy atom. The van der Waals surface area contributed by atoms with Crippen LogP contribution in [0.2, 0.25) is 0 Å². The van der Waals surface area contributed by atoms with Gasteiger partial charge in [0.15, 0.2) is 0 Å². The number of hydrogen-bond acceptors (Lipinski definition) is 5. The van der Waals surface area contributed by atoms with Crippen LogP contribution in [0.5, 0.6) is 0 Å². The highest BCUT2D eigenvalue weighted by Gasteiger charge is 2.15. The topological polar surface area (TPSA) is 74.7 Å². The van der Waals surface area contributed by atoms with Crippen LogP contribution in [-0.4, -0.2) is 16.2 Å². The molecule has 0 radical (unpaired) electrons. The van der Waals surface area contributed by atoms with Crippen LogP contribution in [0.15, 0.2) is 59.0 Å². The fraction of sp³-hybridized carbons (Fsp3) is 0.250. The molecule has 3 rings (SSSR count). The summed E-state index contributed by atoms with van der Waals surface area (Å²) in [6, 6.07) is 19.9. The molecule has 0 bridgehead atoms. The maximum Gasteiger partial charge on any atom is 0.247 e. The highest BCUT2D eigenvalue weighted by atomic mass is 16.4. The lowest BCUT2D eigenvalue weighted by atomic mass is 9.94. The minimum atomic E-state index is 0.271. The standard InChI is InChI=1S/C20H20N4O/c1-14(17-6-4-3-5-7-17)15(2)22-13-19-23-24-20(25-19)18-10-8-16(12-21)9-11-18/h3-11,14-15,22H,13H2,1-2H3/t14-,15+/m0/s1. The number of nitriles is 1. The number of rotatable bonds is 6. The SMILES string of the molecule is C[C@H](c1ccccc1)[C@@H](C)NCc1nnc(-c2ccc(C#N)cc2)o1. The Balaban J connectivity index is 1.60. The fourth-order valence-corrected chi connectivity index (χ4v) is 2.60. The molecule has 0 saturated carbocycles. The van der Waals surface area contributed by atoms with Crippen LogP contribution in [0.3, 0.4) is 0 Å². The van der Waals surface area contributed by atoms with Gasteiger partial charge in [0.05, 0.1) is 18.2 Å². The third kappa shape index (κ3) is 4.11. The van der Waals surface area contributed by atoms with Gasteiger partial charge in [-0.2, -0.15) is 5.26 Å². The molecule has 2 atom stereocenters. The Bertz CT molecular complexity index is 849. The van der Waals surface area contributed by atoms with Crippen LogP contribution in [0.25, 0.3) is 11.5 Å². The quantitative estimate of drug-likeness (QED) is 0.741. The summed E-state index contributed by atoms with van der Waals surface area (Å²) in [4.78, 5) is 0. The van der Waals surface area contributed by atoms with E-state index in [1.807, 2.05) is 18.2 Å². The van der Waals surface area contributed by atoms with E-state index in [4.69, 9.17) is 9.68 Å². The third-order valence-electron chi connectivity index (χ3n) is 4.38. The molecule has 2 aromatic carbocycles. The zero-order valence-electron chi connectivity index (χ0n) is 14.3. The molecule has 0 fully saturated rings. The van der Waals surface area contributed by atoms with Crippen LogP contribution in [0.1, 0.15) is 36.8 Å². The van der Waals surface area contributed by atoms with E-state index in [0.29, 0.717) is 29.8 Å². The second-order valence-corrected chi connectivity index (χ2v) is 6.06. The summed E-state index contributed by atoms with van der Waals surface area (Å²) in [6.45, 7) is 4.86. The van der Waals surface area contributed by atoms with Gasteiger partial charge < -0.3 is 9.73 Å². The van der Waals surface area contributed by atoms with Gasteiger partial charge in [0.25, 0.3) is 0 Å². The Morgan fingerprint density at radius 1 is 1.04 bits per heavy atom. The molecule has 5 heteroatoms. The van der Waals surface area contributed by atoms with E-state index in [1.165, 1.54) is 5.56 Å². The van der Waals surface area contributed by atoms with Gasteiger partial charge in [-0.25, -0.2) is 0 Å². The van der Waals surface area contributed by atoms with Crippen molar-refractivity contribution in [1.82, 2.24) is 15.5 Å². The Kier molecular flexibility index (Phi) is 5.22.